The molecule has 1 aliphatic rings. The first kappa shape index (κ1) is 18.0. The zero-order chi connectivity index (χ0) is 17.6. The number of aromatic nitrogens is 2. The van der Waals surface area contributed by atoms with Crippen molar-refractivity contribution in [2.75, 3.05) is 45.8 Å². The zero-order valence-electron chi connectivity index (χ0n) is 14.8. The molecule has 0 aliphatic carbocycles. The van der Waals surface area contributed by atoms with Crippen molar-refractivity contribution in [3.05, 3.63) is 22.7 Å². The lowest BCUT2D eigenvalue weighted by molar-refractivity contribution is -0.132. The van der Waals surface area contributed by atoms with Gasteiger partial charge < -0.3 is 9.42 Å². The maximum absolute atomic E-state index is 12.2. The highest BCUT2D eigenvalue weighted by Gasteiger charge is 2.22. The minimum atomic E-state index is 0.218. The Morgan fingerprint density at radius 2 is 1.96 bits per heavy atom. The summed E-state index contributed by atoms with van der Waals surface area (Å²) in [5, 5.41) is 8.07. The third-order valence-electron chi connectivity index (χ3n) is 4.55. The summed E-state index contributed by atoms with van der Waals surface area (Å²) in [4.78, 5) is 23.1. The second kappa shape index (κ2) is 8.55. The van der Waals surface area contributed by atoms with Crippen LogP contribution in [0.15, 0.2) is 21.3 Å². The van der Waals surface area contributed by atoms with Gasteiger partial charge >= 0.3 is 0 Å². The molecule has 2 aromatic rings. The second-order valence-corrected chi connectivity index (χ2v) is 6.92. The van der Waals surface area contributed by atoms with Crippen LogP contribution >= 0.6 is 11.3 Å². The molecule has 1 saturated heterocycles. The van der Waals surface area contributed by atoms with Gasteiger partial charge in [-0.2, -0.15) is 16.3 Å². The number of hydrogen-bond acceptors (Lipinski definition) is 7. The fraction of sp³-hybridized carbons (Fsp3) is 0.588. The number of hydrogen-bond donors (Lipinski definition) is 0. The summed E-state index contributed by atoms with van der Waals surface area (Å²) in [5.74, 6) is 1.52. The highest BCUT2D eigenvalue weighted by molar-refractivity contribution is 7.08. The average molecular weight is 363 g/mol. The molecule has 136 valence electrons. The molecule has 0 bridgehead atoms. The number of thiophene rings is 1. The molecule has 0 atom stereocenters. The normalized spacial score (nSPS) is 16.2. The SMILES string of the molecule is CCN(CC)C(=O)CN1CCN(Cc2nc(-c3ccsc3)no2)CC1. The van der Waals surface area contributed by atoms with Crippen LogP contribution in [0.2, 0.25) is 0 Å². The van der Waals surface area contributed by atoms with E-state index in [4.69, 9.17) is 4.52 Å². The van der Waals surface area contributed by atoms with Crippen LogP contribution in [-0.2, 0) is 11.3 Å². The van der Waals surface area contributed by atoms with E-state index >= 15 is 0 Å². The van der Waals surface area contributed by atoms with Crippen LogP contribution in [0, 0.1) is 0 Å². The minimum Gasteiger partial charge on any atom is -0.342 e. The molecule has 0 spiro atoms. The van der Waals surface area contributed by atoms with Crippen LogP contribution in [0.5, 0.6) is 0 Å². The molecule has 8 heteroatoms. The van der Waals surface area contributed by atoms with E-state index in [0.717, 1.165) is 44.8 Å². The van der Waals surface area contributed by atoms with Crippen LogP contribution in [0.3, 0.4) is 0 Å². The van der Waals surface area contributed by atoms with Gasteiger partial charge in [-0.05, 0) is 25.3 Å². The number of carbonyl (C=O) groups excluding carboxylic acids is 1. The van der Waals surface area contributed by atoms with Gasteiger partial charge in [0.2, 0.25) is 17.6 Å². The topological polar surface area (TPSA) is 65.7 Å². The molecule has 3 rings (SSSR count). The van der Waals surface area contributed by atoms with Crippen molar-refractivity contribution in [2.24, 2.45) is 0 Å². The largest absolute Gasteiger partial charge is 0.342 e. The van der Waals surface area contributed by atoms with Crippen molar-refractivity contribution in [1.29, 1.82) is 0 Å². The summed E-state index contributed by atoms with van der Waals surface area (Å²) < 4.78 is 5.37. The first-order valence-electron chi connectivity index (χ1n) is 8.77. The Balaban J connectivity index is 1.46. The van der Waals surface area contributed by atoms with Gasteiger partial charge in [0.1, 0.15) is 0 Å². The average Bonchev–Trinajstić information content (AvgIpc) is 3.29. The van der Waals surface area contributed by atoms with Crippen molar-refractivity contribution in [1.82, 2.24) is 24.8 Å². The summed E-state index contributed by atoms with van der Waals surface area (Å²) in [7, 11) is 0. The van der Waals surface area contributed by atoms with E-state index < -0.39 is 0 Å². The third-order valence-corrected chi connectivity index (χ3v) is 5.23. The van der Waals surface area contributed by atoms with Crippen molar-refractivity contribution in [2.45, 2.75) is 20.4 Å². The molecule has 3 heterocycles. The number of piperazine rings is 1. The molecule has 25 heavy (non-hydrogen) atoms. The molecule has 2 aromatic heterocycles. The van der Waals surface area contributed by atoms with E-state index in [1.54, 1.807) is 11.3 Å². The Morgan fingerprint density at radius 3 is 2.60 bits per heavy atom. The highest BCUT2D eigenvalue weighted by atomic mass is 32.1. The Bertz CT molecular complexity index is 660. The summed E-state index contributed by atoms with van der Waals surface area (Å²) in [5.41, 5.74) is 1.000. The molecule has 0 unspecified atom stereocenters. The van der Waals surface area contributed by atoms with Gasteiger partial charge in [-0.15, -0.1) is 0 Å². The van der Waals surface area contributed by atoms with Gasteiger partial charge in [0.25, 0.3) is 0 Å². The molecule has 0 N–H and O–H groups in total. The van der Waals surface area contributed by atoms with Crippen molar-refractivity contribution < 1.29 is 9.32 Å². The summed E-state index contributed by atoms with van der Waals surface area (Å²) in [6.45, 7) is 10.4. The minimum absolute atomic E-state index is 0.218. The van der Waals surface area contributed by atoms with Crippen LogP contribution in [-0.4, -0.2) is 76.6 Å². The predicted molar refractivity (Wildman–Crippen MR) is 97.3 cm³/mol. The smallest absolute Gasteiger partial charge is 0.241 e. The number of amides is 1. The number of carbonyl (C=O) groups is 1. The van der Waals surface area contributed by atoms with Crippen LogP contribution < -0.4 is 0 Å². The number of likely N-dealkylation sites (N-methyl/N-ethyl adjacent to an activating group) is 1. The molecule has 1 aliphatic heterocycles. The molecule has 1 amide bonds. The van der Waals surface area contributed by atoms with E-state index in [0.29, 0.717) is 24.8 Å². The molecule has 0 aromatic carbocycles. The summed E-state index contributed by atoms with van der Waals surface area (Å²) in [6.07, 6.45) is 0. The Kier molecular flexibility index (Phi) is 6.17. The standard InChI is InChI=1S/C17H25N5O2S/c1-3-22(4-2)16(23)12-21-8-6-20(7-9-21)11-15-18-17(19-24-15)14-5-10-25-13-14/h5,10,13H,3-4,6-9,11-12H2,1-2H3. The predicted octanol–water partition coefficient (Wildman–Crippen LogP) is 1.78. The lowest BCUT2D eigenvalue weighted by Gasteiger charge is -2.34. The first-order valence-corrected chi connectivity index (χ1v) is 9.71. The van der Waals surface area contributed by atoms with Crippen LogP contribution in [0.1, 0.15) is 19.7 Å². The van der Waals surface area contributed by atoms with E-state index in [1.807, 2.05) is 35.6 Å². The maximum atomic E-state index is 12.2. The van der Waals surface area contributed by atoms with E-state index in [2.05, 4.69) is 19.9 Å². The van der Waals surface area contributed by atoms with Gasteiger partial charge in [0, 0.05) is 50.2 Å². The van der Waals surface area contributed by atoms with Crippen LogP contribution in [0.25, 0.3) is 11.4 Å². The van der Waals surface area contributed by atoms with Gasteiger partial charge in [-0.1, -0.05) is 5.16 Å². The second-order valence-electron chi connectivity index (χ2n) is 6.14. The van der Waals surface area contributed by atoms with Crippen molar-refractivity contribution in [3.63, 3.8) is 0 Å². The fourth-order valence-electron chi connectivity index (χ4n) is 2.99. The molecule has 0 saturated carbocycles. The van der Waals surface area contributed by atoms with E-state index in [-0.39, 0.29) is 5.91 Å². The Labute approximate surface area is 152 Å². The van der Waals surface area contributed by atoms with Gasteiger partial charge in [-0.25, -0.2) is 0 Å². The van der Waals surface area contributed by atoms with Gasteiger partial charge in [0.15, 0.2) is 0 Å². The summed E-state index contributed by atoms with van der Waals surface area (Å²) >= 11 is 1.62. The lowest BCUT2D eigenvalue weighted by Crippen LogP contribution is -2.49. The molecule has 7 nitrogen and oxygen atoms in total. The third kappa shape index (κ3) is 4.65. The first-order chi connectivity index (χ1) is 12.2. The lowest BCUT2D eigenvalue weighted by atomic mass is 10.3. The molecular formula is C17H25N5O2S. The molecule has 0 radical (unpaired) electrons. The molecule has 1 fully saturated rings. The molecular weight excluding hydrogens is 338 g/mol. The Morgan fingerprint density at radius 1 is 1.24 bits per heavy atom. The van der Waals surface area contributed by atoms with Crippen molar-refractivity contribution >= 4 is 17.2 Å². The quantitative estimate of drug-likeness (QED) is 0.747. The maximum Gasteiger partial charge on any atom is 0.241 e. The number of rotatable bonds is 7. The van der Waals surface area contributed by atoms with Crippen molar-refractivity contribution in [3.8, 4) is 11.4 Å². The van der Waals surface area contributed by atoms with Gasteiger partial charge in [0.05, 0.1) is 13.1 Å². The monoisotopic (exact) mass is 363 g/mol. The van der Waals surface area contributed by atoms with Crippen LogP contribution in [0.4, 0.5) is 0 Å². The summed E-state index contributed by atoms with van der Waals surface area (Å²) in [6, 6.07) is 1.99. The fourth-order valence-corrected chi connectivity index (χ4v) is 3.63. The zero-order valence-corrected chi connectivity index (χ0v) is 15.7. The highest BCUT2D eigenvalue weighted by Crippen LogP contribution is 2.19. The van der Waals surface area contributed by atoms with E-state index in [1.165, 1.54) is 0 Å². The number of nitrogens with zero attached hydrogens (tertiary/aromatic N) is 5. The van der Waals surface area contributed by atoms with Gasteiger partial charge in [-0.3, -0.25) is 14.6 Å². The Hall–Kier alpha value is -1.77. The van der Waals surface area contributed by atoms with E-state index in [9.17, 15) is 4.79 Å².